The highest BCUT2D eigenvalue weighted by Gasteiger charge is 2.41. The standard InChI is InChI=1S/C22H26O7/c1-25-17-7-5-13(10-19(17)27-3)9-15-16(12-29-22(15)24)21(23)14-6-8-18(26-2)20(11-14)28-4/h5-8,10-11,15-16,21,23H,9,12H2,1-4H3/t15-,16+,21-/m1/s1. The summed E-state index contributed by atoms with van der Waals surface area (Å²) in [4.78, 5) is 12.4. The van der Waals surface area contributed by atoms with E-state index < -0.39 is 12.0 Å². The molecule has 2 aromatic carbocycles. The Balaban J connectivity index is 1.83. The normalized spacial score (nSPS) is 19.4. The Morgan fingerprint density at radius 3 is 2.14 bits per heavy atom. The number of carbonyl (C=O) groups excluding carboxylic acids is 1. The minimum Gasteiger partial charge on any atom is -0.493 e. The van der Waals surface area contributed by atoms with Crippen LogP contribution in [0.25, 0.3) is 0 Å². The molecule has 3 rings (SSSR count). The molecule has 0 saturated carbocycles. The van der Waals surface area contributed by atoms with E-state index in [1.165, 1.54) is 7.11 Å². The molecule has 1 aliphatic heterocycles. The number of hydrogen-bond acceptors (Lipinski definition) is 7. The predicted octanol–water partition coefficient (Wildman–Crippen LogP) is 2.79. The third-order valence-electron chi connectivity index (χ3n) is 5.30. The van der Waals surface area contributed by atoms with Crippen molar-refractivity contribution in [3.63, 3.8) is 0 Å². The van der Waals surface area contributed by atoms with Crippen LogP contribution in [0.15, 0.2) is 36.4 Å². The van der Waals surface area contributed by atoms with Crippen LogP contribution in [-0.2, 0) is 16.0 Å². The van der Waals surface area contributed by atoms with Crippen molar-refractivity contribution >= 4 is 5.97 Å². The predicted molar refractivity (Wildman–Crippen MR) is 106 cm³/mol. The minimum absolute atomic E-state index is 0.159. The summed E-state index contributed by atoms with van der Waals surface area (Å²) in [6.45, 7) is 0.159. The first kappa shape index (κ1) is 20.8. The molecule has 0 aliphatic carbocycles. The van der Waals surface area contributed by atoms with E-state index >= 15 is 0 Å². The van der Waals surface area contributed by atoms with Crippen LogP contribution in [0.3, 0.4) is 0 Å². The van der Waals surface area contributed by atoms with Gasteiger partial charge >= 0.3 is 5.97 Å². The fourth-order valence-electron chi connectivity index (χ4n) is 3.67. The first-order valence-electron chi connectivity index (χ1n) is 9.29. The third kappa shape index (κ3) is 4.24. The monoisotopic (exact) mass is 402 g/mol. The van der Waals surface area contributed by atoms with Gasteiger partial charge in [-0.3, -0.25) is 4.79 Å². The summed E-state index contributed by atoms with van der Waals surface area (Å²) in [6.07, 6.45) is -0.458. The molecule has 7 heteroatoms. The summed E-state index contributed by atoms with van der Waals surface area (Å²) < 4.78 is 26.5. The van der Waals surface area contributed by atoms with Crippen molar-refractivity contribution in [3.05, 3.63) is 47.5 Å². The van der Waals surface area contributed by atoms with Crippen LogP contribution in [0.4, 0.5) is 0 Å². The second-order valence-corrected chi connectivity index (χ2v) is 6.85. The van der Waals surface area contributed by atoms with Crippen LogP contribution in [0.2, 0.25) is 0 Å². The summed E-state index contributed by atoms with van der Waals surface area (Å²) in [5.41, 5.74) is 1.54. The second kappa shape index (κ2) is 9.05. The number of esters is 1. The number of methoxy groups -OCH3 is 4. The SMILES string of the molecule is COc1ccc(C[C@H]2C(=O)OC[C@@H]2[C@H](O)c2ccc(OC)c(OC)c2)cc1OC. The van der Waals surface area contributed by atoms with Crippen molar-refractivity contribution in [2.24, 2.45) is 11.8 Å². The molecule has 1 fully saturated rings. The largest absolute Gasteiger partial charge is 0.493 e. The number of benzene rings is 2. The lowest BCUT2D eigenvalue weighted by molar-refractivity contribution is -0.141. The molecular weight excluding hydrogens is 376 g/mol. The van der Waals surface area contributed by atoms with E-state index in [4.69, 9.17) is 23.7 Å². The van der Waals surface area contributed by atoms with Crippen molar-refractivity contribution in [2.45, 2.75) is 12.5 Å². The zero-order valence-electron chi connectivity index (χ0n) is 17.0. The summed E-state index contributed by atoms with van der Waals surface area (Å²) in [5.74, 6) is 1.13. The molecule has 2 aromatic rings. The van der Waals surface area contributed by atoms with Gasteiger partial charge in [0.2, 0.25) is 0 Å². The first-order valence-corrected chi connectivity index (χ1v) is 9.29. The van der Waals surface area contributed by atoms with Crippen LogP contribution < -0.4 is 18.9 Å². The first-order chi connectivity index (χ1) is 14.0. The van der Waals surface area contributed by atoms with E-state index in [1.54, 1.807) is 45.6 Å². The van der Waals surface area contributed by atoms with Gasteiger partial charge in [-0.1, -0.05) is 12.1 Å². The van der Waals surface area contributed by atoms with Crippen molar-refractivity contribution in [1.82, 2.24) is 0 Å². The fourth-order valence-corrected chi connectivity index (χ4v) is 3.67. The second-order valence-electron chi connectivity index (χ2n) is 6.85. The van der Waals surface area contributed by atoms with Gasteiger partial charge in [-0.15, -0.1) is 0 Å². The number of aliphatic hydroxyl groups excluding tert-OH is 1. The fraction of sp³-hybridized carbons (Fsp3) is 0.409. The quantitative estimate of drug-likeness (QED) is 0.680. The number of rotatable bonds is 8. The molecule has 29 heavy (non-hydrogen) atoms. The van der Waals surface area contributed by atoms with E-state index in [0.717, 1.165) is 5.56 Å². The Morgan fingerprint density at radius 1 is 0.931 bits per heavy atom. The number of aliphatic hydroxyl groups is 1. The highest BCUT2D eigenvalue weighted by molar-refractivity contribution is 5.75. The number of ether oxygens (including phenoxy) is 5. The van der Waals surface area contributed by atoms with Crippen molar-refractivity contribution in [1.29, 1.82) is 0 Å². The molecule has 1 heterocycles. The molecule has 156 valence electrons. The van der Waals surface area contributed by atoms with Crippen LogP contribution >= 0.6 is 0 Å². The molecular formula is C22H26O7. The van der Waals surface area contributed by atoms with Gasteiger partial charge in [-0.25, -0.2) is 0 Å². The smallest absolute Gasteiger partial charge is 0.309 e. The average Bonchev–Trinajstić information content (AvgIpc) is 3.12. The molecule has 0 amide bonds. The van der Waals surface area contributed by atoms with Gasteiger partial charge in [-0.05, 0) is 41.8 Å². The number of carbonyl (C=O) groups is 1. The highest BCUT2D eigenvalue weighted by atomic mass is 16.5. The summed E-state index contributed by atoms with van der Waals surface area (Å²) >= 11 is 0. The third-order valence-corrected chi connectivity index (χ3v) is 5.30. The highest BCUT2D eigenvalue weighted by Crippen LogP contribution is 2.39. The Hall–Kier alpha value is -2.93. The lowest BCUT2D eigenvalue weighted by Crippen LogP contribution is -2.24. The molecule has 3 atom stereocenters. The van der Waals surface area contributed by atoms with E-state index in [9.17, 15) is 9.90 Å². The number of hydrogen-bond donors (Lipinski definition) is 1. The molecule has 0 aromatic heterocycles. The Bertz CT molecular complexity index is 864. The van der Waals surface area contributed by atoms with Gasteiger partial charge in [-0.2, -0.15) is 0 Å². The lowest BCUT2D eigenvalue weighted by Gasteiger charge is -2.22. The van der Waals surface area contributed by atoms with Crippen LogP contribution in [0.1, 0.15) is 17.2 Å². The van der Waals surface area contributed by atoms with E-state index in [-0.39, 0.29) is 18.5 Å². The van der Waals surface area contributed by atoms with Gasteiger partial charge in [0.05, 0.1) is 47.1 Å². The zero-order chi connectivity index (χ0) is 21.0. The Labute approximate surface area is 170 Å². The minimum atomic E-state index is -0.883. The van der Waals surface area contributed by atoms with Gasteiger partial charge < -0.3 is 28.8 Å². The lowest BCUT2D eigenvalue weighted by atomic mass is 9.83. The molecule has 0 bridgehead atoms. The zero-order valence-corrected chi connectivity index (χ0v) is 17.0. The summed E-state index contributed by atoms with van der Waals surface area (Å²) in [7, 11) is 6.23. The van der Waals surface area contributed by atoms with Crippen LogP contribution in [-0.4, -0.2) is 46.1 Å². The van der Waals surface area contributed by atoms with Crippen molar-refractivity contribution in [3.8, 4) is 23.0 Å². The average molecular weight is 402 g/mol. The molecule has 7 nitrogen and oxygen atoms in total. The van der Waals surface area contributed by atoms with Gasteiger partial charge in [0.15, 0.2) is 23.0 Å². The maximum Gasteiger partial charge on any atom is 0.309 e. The maximum absolute atomic E-state index is 12.4. The summed E-state index contributed by atoms with van der Waals surface area (Å²) in [6, 6.07) is 10.7. The maximum atomic E-state index is 12.4. The molecule has 1 saturated heterocycles. The van der Waals surface area contributed by atoms with Gasteiger partial charge in [0.25, 0.3) is 0 Å². The van der Waals surface area contributed by atoms with Crippen LogP contribution in [0.5, 0.6) is 23.0 Å². The Kier molecular flexibility index (Phi) is 6.49. The molecule has 1 N–H and O–H groups in total. The van der Waals surface area contributed by atoms with Gasteiger partial charge in [0, 0.05) is 5.92 Å². The Morgan fingerprint density at radius 2 is 1.52 bits per heavy atom. The molecule has 0 spiro atoms. The number of cyclic esters (lactones) is 1. The van der Waals surface area contributed by atoms with Crippen LogP contribution in [0, 0.1) is 11.8 Å². The molecule has 1 aliphatic rings. The topological polar surface area (TPSA) is 83.5 Å². The van der Waals surface area contributed by atoms with E-state index in [1.807, 2.05) is 12.1 Å². The van der Waals surface area contributed by atoms with Crippen molar-refractivity contribution in [2.75, 3.05) is 35.0 Å². The van der Waals surface area contributed by atoms with E-state index in [0.29, 0.717) is 35.0 Å². The van der Waals surface area contributed by atoms with E-state index in [2.05, 4.69) is 0 Å². The van der Waals surface area contributed by atoms with Gasteiger partial charge in [0.1, 0.15) is 0 Å². The van der Waals surface area contributed by atoms with Crippen molar-refractivity contribution < 1.29 is 33.6 Å². The molecule has 0 unspecified atom stereocenters. The molecule has 0 radical (unpaired) electrons. The summed E-state index contributed by atoms with van der Waals surface area (Å²) in [5, 5.41) is 11.0.